The molecule has 2 heteroatoms. The number of hydrogen-bond acceptors (Lipinski definition) is 1. The highest BCUT2D eigenvalue weighted by atomic mass is 28.3. The SMILES string of the molecule is C=C[Si](C)(C#CC(C)(C)O)c1ccc(C)cc1. The van der Waals surface area contributed by atoms with Gasteiger partial charge in [-0.05, 0) is 26.0 Å². The maximum atomic E-state index is 9.68. The van der Waals surface area contributed by atoms with Crippen molar-refractivity contribution in [3.63, 3.8) is 0 Å². The third kappa shape index (κ3) is 3.88. The zero-order valence-corrected chi connectivity index (χ0v) is 12.0. The van der Waals surface area contributed by atoms with Gasteiger partial charge in [0.25, 0.3) is 0 Å². The molecule has 1 aromatic carbocycles. The quantitative estimate of drug-likeness (QED) is 0.625. The van der Waals surface area contributed by atoms with E-state index in [1.165, 1.54) is 10.8 Å². The zero-order valence-electron chi connectivity index (χ0n) is 11.0. The van der Waals surface area contributed by atoms with E-state index in [9.17, 15) is 5.11 Å². The lowest BCUT2D eigenvalue weighted by Crippen LogP contribution is -2.42. The lowest BCUT2D eigenvalue weighted by molar-refractivity contribution is 0.143. The van der Waals surface area contributed by atoms with Gasteiger partial charge in [0, 0.05) is 0 Å². The van der Waals surface area contributed by atoms with Gasteiger partial charge >= 0.3 is 0 Å². The predicted octanol–water partition coefficient (Wildman–Crippen LogP) is 2.32. The van der Waals surface area contributed by atoms with E-state index >= 15 is 0 Å². The normalized spacial score (nSPS) is 14.4. The molecule has 0 aromatic heterocycles. The molecule has 0 amide bonds. The van der Waals surface area contributed by atoms with Gasteiger partial charge in [-0.15, -0.1) is 12.1 Å². The molecule has 0 heterocycles. The summed E-state index contributed by atoms with van der Waals surface area (Å²) in [5.41, 5.74) is 5.49. The van der Waals surface area contributed by atoms with Crippen molar-refractivity contribution in [1.29, 1.82) is 0 Å². The van der Waals surface area contributed by atoms with Crippen LogP contribution in [-0.4, -0.2) is 18.8 Å². The molecule has 0 spiro atoms. The van der Waals surface area contributed by atoms with E-state index in [1.54, 1.807) is 13.8 Å². The van der Waals surface area contributed by atoms with Crippen LogP contribution in [0.15, 0.2) is 36.5 Å². The number of rotatable bonds is 2. The van der Waals surface area contributed by atoms with Crippen LogP contribution in [0.2, 0.25) is 6.55 Å². The summed E-state index contributed by atoms with van der Waals surface area (Å²) in [4.78, 5) is 0. The van der Waals surface area contributed by atoms with E-state index in [4.69, 9.17) is 0 Å². The van der Waals surface area contributed by atoms with Crippen molar-refractivity contribution in [2.75, 3.05) is 0 Å². The lowest BCUT2D eigenvalue weighted by atomic mass is 10.2. The van der Waals surface area contributed by atoms with Crippen molar-refractivity contribution in [3.05, 3.63) is 42.1 Å². The molecular weight excluding hydrogens is 224 g/mol. The fourth-order valence-corrected chi connectivity index (χ4v) is 3.33. The Morgan fingerprint density at radius 2 is 1.82 bits per heavy atom. The van der Waals surface area contributed by atoms with Gasteiger partial charge < -0.3 is 5.11 Å². The summed E-state index contributed by atoms with van der Waals surface area (Å²) in [5, 5.41) is 10.9. The largest absolute Gasteiger partial charge is 0.378 e. The van der Waals surface area contributed by atoms with Crippen LogP contribution in [0.1, 0.15) is 19.4 Å². The summed E-state index contributed by atoms with van der Waals surface area (Å²) in [7, 11) is -1.99. The van der Waals surface area contributed by atoms with Gasteiger partial charge in [0.15, 0.2) is 8.07 Å². The molecule has 0 aliphatic carbocycles. The molecular formula is C15H20OSi. The fraction of sp³-hybridized carbons (Fsp3) is 0.333. The highest BCUT2D eigenvalue weighted by molar-refractivity contribution is 7.01. The van der Waals surface area contributed by atoms with Gasteiger partial charge in [-0.1, -0.05) is 48.0 Å². The van der Waals surface area contributed by atoms with Crippen LogP contribution in [0.3, 0.4) is 0 Å². The van der Waals surface area contributed by atoms with E-state index in [-0.39, 0.29) is 0 Å². The van der Waals surface area contributed by atoms with Gasteiger partial charge in [0.2, 0.25) is 0 Å². The average molecular weight is 244 g/mol. The molecule has 90 valence electrons. The second kappa shape index (κ2) is 4.91. The number of aliphatic hydroxyl groups is 1. The molecule has 1 N–H and O–H groups in total. The maximum Gasteiger partial charge on any atom is 0.188 e. The van der Waals surface area contributed by atoms with E-state index in [0.717, 1.165) is 0 Å². The summed E-state index contributed by atoms with van der Waals surface area (Å²) < 4.78 is 0. The minimum absolute atomic E-state index is 0.942. The van der Waals surface area contributed by atoms with Gasteiger partial charge in [-0.2, -0.15) is 0 Å². The Balaban J connectivity index is 3.15. The number of benzene rings is 1. The van der Waals surface area contributed by atoms with Crippen LogP contribution in [0, 0.1) is 18.4 Å². The predicted molar refractivity (Wildman–Crippen MR) is 76.7 cm³/mol. The molecule has 0 saturated carbocycles. The van der Waals surface area contributed by atoms with Crippen molar-refractivity contribution in [1.82, 2.24) is 0 Å². The van der Waals surface area contributed by atoms with Crippen LogP contribution >= 0.6 is 0 Å². The molecule has 0 fully saturated rings. The Hall–Kier alpha value is -1.30. The molecule has 1 unspecified atom stereocenters. The maximum absolute atomic E-state index is 9.68. The number of hydrogen-bond donors (Lipinski definition) is 1. The highest BCUT2D eigenvalue weighted by Gasteiger charge is 2.24. The van der Waals surface area contributed by atoms with Gasteiger partial charge in [0.1, 0.15) is 5.60 Å². The van der Waals surface area contributed by atoms with Crippen molar-refractivity contribution in [2.45, 2.75) is 32.9 Å². The second-order valence-corrected chi connectivity index (χ2v) is 8.72. The topological polar surface area (TPSA) is 20.2 Å². The Kier molecular flexibility index (Phi) is 3.97. The minimum atomic E-state index is -1.99. The van der Waals surface area contributed by atoms with E-state index in [0.29, 0.717) is 0 Å². The molecule has 1 nitrogen and oxygen atoms in total. The van der Waals surface area contributed by atoms with E-state index in [2.05, 4.69) is 55.8 Å². The first-order valence-corrected chi connectivity index (χ1v) is 8.32. The van der Waals surface area contributed by atoms with Crippen LogP contribution in [0.5, 0.6) is 0 Å². The second-order valence-electron chi connectivity index (χ2n) is 5.08. The van der Waals surface area contributed by atoms with Gasteiger partial charge in [-0.25, -0.2) is 0 Å². The van der Waals surface area contributed by atoms with Crippen LogP contribution in [-0.2, 0) is 0 Å². The van der Waals surface area contributed by atoms with E-state index in [1.807, 2.05) is 5.70 Å². The molecule has 0 radical (unpaired) electrons. The summed E-state index contributed by atoms with van der Waals surface area (Å²) >= 11 is 0. The number of aryl methyl sites for hydroxylation is 1. The lowest BCUT2D eigenvalue weighted by Gasteiger charge is -2.18. The first kappa shape index (κ1) is 13.8. The fourth-order valence-electron chi connectivity index (χ4n) is 1.42. The monoisotopic (exact) mass is 244 g/mol. The standard InChI is InChI=1S/C15H20OSi/c1-6-17(5,12-11-15(3,4)16)14-9-7-13(2)8-10-14/h6-10,16H,1H2,2-5H3. The first-order chi connectivity index (χ1) is 7.77. The van der Waals surface area contributed by atoms with Crippen molar-refractivity contribution in [2.24, 2.45) is 0 Å². The molecule has 1 rings (SSSR count). The summed E-state index contributed by atoms with van der Waals surface area (Å²) in [5.74, 6) is 2.92. The Bertz CT molecular complexity index is 456. The molecule has 1 atom stereocenters. The molecule has 0 saturated heterocycles. The van der Waals surface area contributed by atoms with Crippen LogP contribution < -0.4 is 5.19 Å². The molecule has 0 aliphatic rings. The molecule has 0 bridgehead atoms. The Labute approximate surface area is 105 Å². The van der Waals surface area contributed by atoms with Crippen molar-refractivity contribution in [3.8, 4) is 11.5 Å². The molecule has 0 aliphatic heterocycles. The molecule has 17 heavy (non-hydrogen) atoms. The highest BCUT2D eigenvalue weighted by Crippen LogP contribution is 2.07. The van der Waals surface area contributed by atoms with Crippen LogP contribution in [0.4, 0.5) is 0 Å². The first-order valence-electron chi connectivity index (χ1n) is 5.74. The smallest absolute Gasteiger partial charge is 0.188 e. The minimum Gasteiger partial charge on any atom is -0.378 e. The summed E-state index contributed by atoms with van der Waals surface area (Å²) in [6.07, 6.45) is 0. The van der Waals surface area contributed by atoms with Gasteiger partial charge in [-0.3, -0.25) is 0 Å². The average Bonchev–Trinajstić information content (AvgIpc) is 2.26. The Morgan fingerprint density at radius 3 is 2.24 bits per heavy atom. The van der Waals surface area contributed by atoms with Crippen LogP contribution in [0.25, 0.3) is 0 Å². The van der Waals surface area contributed by atoms with Crippen molar-refractivity contribution >= 4 is 13.3 Å². The van der Waals surface area contributed by atoms with Gasteiger partial charge in [0.05, 0.1) is 0 Å². The zero-order chi connectivity index (χ0) is 13.1. The molecule has 1 aromatic rings. The summed E-state index contributed by atoms with van der Waals surface area (Å²) in [6.45, 7) is 11.5. The third-order valence-corrected chi connectivity index (χ3v) is 5.68. The summed E-state index contributed by atoms with van der Waals surface area (Å²) in [6, 6.07) is 8.41. The van der Waals surface area contributed by atoms with Crippen molar-refractivity contribution < 1.29 is 5.11 Å². The Morgan fingerprint density at radius 1 is 1.29 bits per heavy atom. The van der Waals surface area contributed by atoms with E-state index < -0.39 is 13.7 Å². The third-order valence-electron chi connectivity index (χ3n) is 2.69.